The minimum Gasteiger partial charge on any atom is -0.388 e. The molecule has 2 aliphatic heterocycles. The van der Waals surface area contributed by atoms with Crippen LogP contribution in [0.1, 0.15) is 62.1 Å². The zero-order valence-corrected chi connectivity index (χ0v) is 20.7. The standard InChI is InChI=1S/C27H32N6O3/c1-3-5-17(4-2)21-7-6-19(14-29-21)20-15-30-33-26(20)31-25(24-22(35)8-11-28-27(24)33)18-9-12-32(13-10-18)23(36)16-34/h3-7,14-15,18,22,28,34-35H,8-13,16H2,1-2H3. The summed E-state index contributed by atoms with van der Waals surface area (Å²) in [6.07, 6.45) is 11.2. The van der Waals surface area contributed by atoms with Gasteiger partial charge in [0, 0.05) is 48.4 Å². The van der Waals surface area contributed by atoms with Gasteiger partial charge in [-0.2, -0.15) is 9.61 Å². The van der Waals surface area contributed by atoms with Gasteiger partial charge in [0.1, 0.15) is 12.4 Å². The molecule has 0 radical (unpaired) electrons. The number of pyridine rings is 1. The molecule has 2 aliphatic rings. The lowest BCUT2D eigenvalue weighted by atomic mass is 9.87. The molecule has 0 aromatic carbocycles. The van der Waals surface area contributed by atoms with E-state index in [1.807, 2.05) is 50.4 Å². The molecular formula is C27H32N6O3. The summed E-state index contributed by atoms with van der Waals surface area (Å²) >= 11 is 0. The Bertz CT molecular complexity index is 1320. The van der Waals surface area contributed by atoms with Crippen LogP contribution >= 0.6 is 0 Å². The number of likely N-dealkylation sites (tertiary alicyclic amines) is 1. The van der Waals surface area contributed by atoms with Crippen LogP contribution in [0.25, 0.3) is 22.3 Å². The van der Waals surface area contributed by atoms with Gasteiger partial charge in [-0.15, -0.1) is 0 Å². The second-order valence-corrected chi connectivity index (χ2v) is 9.27. The molecule has 0 saturated carbocycles. The summed E-state index contributed by atoms with van der Waals surface area (Å²) in [5.41, 5.74) is 6.13. The molecule has 9 nitrogen and oxygen atoms in total. The van der Waals surface area contributed by atoms with Gasteiger partial charge < -0.3 is 20.4 Å². The number of hydrogen-bond acceptors (Lipinski definition) is 7. The van der Waals surface area contributed by atoms with Gasteiger partial charge in [-0.3, -0.25) is 9.78 Å². The largest absolute Gasteiger partial charge is 0.388 e. The molecule has 5 rings (SSSR count). The van der Waals surface area contributed by atoms with E-state index < -0.39 is 12.7 Å². The molecule has 3 N–H and O–H groups in total. The quantitative estimate of drug-likeness (QED) is 0.472. The summed E-state index contributed by atoms with van der Waals surface area (Å²) in [6, 6.07) is 4.04. The number of hydrogen-bond donors (Lipinski definition) is 3. The van der Waals surface area contributed by atoms with Crippen LogP contribution in [0.3, 0.4) is 0 Å². The number of rotatable bonds is 5. The van der Waals surface area contributed by atoms with Crippen molar-refractivity contribution in [1.82, 2.24) is 24.5 Å². The zero-order valence-electron chi connectivity index (χ0n) is 20.7. The number of carbonyl (C=O) groups is 1. The van der Waals surface area contributed by atoms with E-state index >= 15 is 0 Å². The molecule has 1 atom stereocenters. The van der Waals surface area contributed by atoms with Crippen LogP contribution in [-0.2, 0) is 4.79 Å². The van der Waals surface area contributed by atoms with Crippen LogP contribution in [0, 0.1) is 0 Å². The van der Waals surface area contributed by atoms with Gasteiger partial charge in [0.05, 0.1) is 23.7 Å². The molecule has 0 aliphatic carbocycles. The van der Waals surface area contributed by atoms with Gasteiger partial charge in [0.25, 0.3) is 0 Å². The number of nitrogens with zero attached hydrogens (tertiary/aromatic N) is 5. The van der Waals surface area contributed by atoms with E-state index in [1.54, 1.807) is 15.6 Å². The second kappa shape index (κ2) is 10.2. The molecule has 188 valence electrons. The van der Waals surface area contributed by atoms with Crippen molar-refractivity contribution in [2.24, 2.45) is 0 Å². The number of amides is 1. The number of piperidine rings is 1. The first-order chi connectivity index (χ1) is 17.5. The van der Waals surface area contributed by atoms with Gasteiger partial charge >= 0.3 is 0 Å². The fourth-order valence-electron chi connectivity index (χ4n) is 5.24. The molecule has 5 heterocycles. The van der Waals surface area contributed by atoms with E-state index in [9.17, 15) is 15.0 Å². The highest BCUT2D eigenvalue weighted by molar-refractivity contribution is 5.80. The number of aliphatic hydroxyl groups is 2. The first-order valence-corrected chi connectivity index (χ1v) is 12.5. The molecule has 9 heteroatoms. The van der Waals surface area contributed by atoms with Crippen LogP contribution < -0.4 is 5.32 Å². The fraction of sp³-hybridized carbons (Fsp3) is 0.407. The summed E-state index contributed by atoms with van der Waals surface area (Å²) in [4.78, 5) is 23.4. The first-order valence-electron chi connectivity index (χ1n) is 12.5. The Kier molecular flexibility index (Phi) is 6.84. The van der Waals surface area contributed by atoms with Crippen molar-refractivity contribution in [2.45, 2.75) is 45.1 Å². The summed E-state index contributed by atoms with van der Waals surface area (Å²) in [5, 5.41) is 28.2. The normalized spacial score (nSPS) is 19.1. The minimum atomic E-state index is -0.621. The van der Waals surface area contributed by atoms with Crippen molar-refractivity contribution in [3.63, 3.8) is 0 Å². The predicted octanol–water partition coefficient (Wildman–Crippen LogP) is 3.32. The van der Waals surface area contributed by atoms with Crippen LogP contribution in [0.15, 0.2) is 42.8 Å². The van der Waals surface area contributed by atoms with Crippen molar-refractivity contribution in [3.8, 4) is 11.1 Å². The second-order valence-electron chi connectivity index (χ2n) is 9.27. The van der Waals surface area contributed by atoms with E-state index in [0.29, 0.717) is 31.7 Å². The summed E-state index contributed by atoms with van der Waals surface area (Å²) in [5.74, 6) is 0.634. The molecule has 0 spiro atoms. The number of anilines is 1. The fourth-order valence-corrected chi connectivity index (χ4v) is 5.24. The Labute approximate surface area is 210 Å². The minimum absolute atomic E-state index is 0.0994. The molecule has 0 bridgehead atoms. The smallest absolute Gasteiger partial charge is 0.248 e. The maximum absolute atomic E-state index is 11.9. The predicted molar refractivity (Wildman–Crippen MR) is 138 cm³/mol. The molecule has 1 amide bonds. The van der Waals surface area contributed by atoms with Crippen molar-refractivity contribution >= 4 is 22.9 Å². The molecule has 1 fully saturated rings. The Hall–Kier alpha value is -3.56. The molecular weight excluding hydrogens is 456 g/mol. The van der Waals surface area contributed by atoms with E-state index in [1.165, 1.54) is 0 Å². The Balaban J connectivity index is 1.56. The highest BCUT2D eigenvalue weighted by Crippen LogP contribution is 2.40. The van der Waals surface area contributed by atoms with E-state index in [-0.39, 0.29) is 11.8 Å². The van der Waals surface area contributed by atoms with Crippen molar-refractivity contribution in [3.05, 3.63) is 59.7 Å². The van der Waals surface area contributed by atoms with Crippen LogP contribution in [0.2, 0.25) is 0 Å². The monoisotopic (exact) mass is 488 g/mol. The summed E-state index contributed by atoms with van der Waals surface area (Å²) in [7, 11) is 0. The third-order valence-corrected chi connectivity index (χ3v) is 7.15. The Morgan fingerprint density at radius 2 is 2.00 bits per heavy atom. The van der Waals surface area contributed by atoms with Crippen LogP contribution in [0.5, 0.6) is 0 Å². The average molecular weight is 489 g/mol. The number of nitrogens with one attached hydrogen (secondary N) is 1. The molecule has 3 aromatic rings. The highest BCUT2D eigenvalue weighted by atomic mass is 16.3. The summed E-state index contributed by atoms with van der Waals surface area (Å²) in [6.45, 7) is 5.29. The Morgan fingerprint density at radius 1 is 1.19 bits per heavy atom. The van der Waals surface area contributed by atoms with Gasteiger partial charge in [-0.1, -0.05) is 24.3 Å². The zero-order chi connectivity index (χ0) is 25.2. The van der Waals surface area contributed by atoms with Crippen molar-refractivity contribution in [2.75, 3.05) is 31.6 Å². The Morgan fingerprint density at radius 3 is 2.67 bits per heavy atom. The van der Waals surface area contributed by atoms with Crippen LogP contribution in [0.4, 0.5) is 5.82 Å². The maximum atomic E-state index is 11.9. The number of carbonyl (C=O) groups excluding carboxylic acids is 1. The van der Waals surface area contributed by atoms with Crippen LogP contribution in [-0.4, -0.2) is 66.8 Å². The maximum Gasteiger partial charge on any atom is 0.248 e. The third kappa shape index (κ3) is 4.29. The number of aromatic nitrogens is 4. The lowest BCUT2D eigenvalue weighted by molar-refractivity contribution is -0.135. The molecule has 36 heavy (non-hydrogen) atoms. The number of fused-ring (bicyclic) bond motifs is 3. The molecule has 1 unspecified atom stereocenters. The number of allylic oxidation sites excluding steroid dienone is 4. The van der Waals surface area contributed by atoms with Gasteiger partial charge in [-0.05, 0) is 44.7 Å². The molecule has 1 saturated heterocycles. The average Bonchev–Trinajstić information content (AvgIpc) is 3.35. The van der Waals surface area contributed by atoms with Gasteiger partial charge in [-0.25, -0.2) is 4.98 Å². The lowest BCUT2D eigenvalue weighted by Crippen LogP contribution is -2.40. The van der Waals surface area contributed by atoms with Gasteiger partial charge in [0.15, 0.2) is 5.65 Å². The highest BCUT2D eigenvalue weighted by Gasteiger charge is 2.33. The first kappa shape index (κ1) is 24.1. The topological polar surface area (TPSA) is 116 Å². The molecule has 3 aromatic heterocycles. The number of aliphatic hydroxyl groups excluding tert-OH is 2. The lowest BCUT2D eigenvalue weighted by Gasteiger charge is -2.34. The van der Waals surface area contributed by atoms with Gasteiger partial charge in [0.2, 0.25) is 5.91 Å². The summed E-state index contributed by atoms with van der Waals surface area (Å²) < 4.78 is 1.78. The van der Waals surface area contributed by atoms with E-state index in [4.69, 9.17) is 4.98 Å². The SMILES string of the molecule is CC=CC(=CC)c1ccc(-c2cnn3c4c(c(C5CCN(C(=O)CO)CC5)nc23)C(O)CCN4)cn1. The van der Waals surface area contributed by atoms with Crippen molar-refractivity contribution in [1.29, 1.82) is 0 Å². The van der Waals surface area contributed by atoms with Crippen molar-refractivity contribution < 1.29 is 15.0 Å². The third-order valence-electron chi connectivity index (χ3n) is 7.15. The van der Waals surface area contributed by atoms with E-state index in [2.05, 4.69) is 15.4 Å². The van der Waals surface area contributed by atoms with E-state index in [0.717, 1.165) is 52.3 Å².